The normalized spacial score (nSPS) is 15.6. The molecule has 0 radical (unpaired) electrons. The van der Waals surface area contributed by atoms with E-state index in [1.54, 1.807) is 23.3 Å². The van der Waals surface area contributed by atoms with Gasteiger partial charge in [0.15, 0.2) is 0 Å². The molecule has 0 heterocycles. The first-order valence-electron chi connectivity index (χ1n) is 5.52. The minimum Gasteiger partial charge on any atom is -1.00 e. The van der Waals surface area contributed by atoms with Gasteiger partial charge in [0.25, 0.3) is 0 Å². The van der Waals surface area contributed by atoms with Gasteiger partial charge in [-0.1, -0.05) is 13.8 Å². The predicted molar refractivity (Wildman–Crippen MR) is 72.1 cm³/mol. The summed E-state index contributed by atoms with van der Waals surface area (Å²) in [4.78, 5) is 0. The molecule has 0 saturated carbocycles. The molecule has 2 heteroatoms. The van der Waals surface area contributed by atoms with Crippen molar-refractivity contribution in [1.82, 2.24) is 0 Å². The quantitative estimate of drug-likeness (QED) is 0.459. The molecule has 88 valence electrons. The molecule has 0 fully saturated rings. The van der Waals surface area contributed by atoms with Crippen LogP contribution < -0.4 is 0 Å². The first-order chi connectivity index (χ1) is 7.52. The van der Waals surface area contributed by atoms with Gasteiger partial charge in [-0.05, 0) is 0 Å². The van der Waals surface area contributed by atoms with Crippen molar-refractivity contribution < 1.29 is 26.2 Å². The van der Waals surface area contributed by atoms with Crippen molar-refractivity contribution in [2.75, 3.05) is 0 Å². The van der Waals surface area contributed by atoms with Crippen LogP contribution in [0.5, 0.6) is 0 Å². The van der Waals surface area contributed by atoms with E-state index in [9.17, 15) is 0 Å². The van der Waals surface area contributed by atoms with Crippen LogP contribution in [0.4, 0.5) is 0 Å². The third-order valence-electron chi connectivity index (χ3n) is 1.73. The van der Waals surface area contributed by atoms with Gasteiger partial charge >= 0.3 is 41.9 Å². The zero-order valence-corrected chi connectivity index (χ0v) is 14.2. The Morgan fingerprint density at radius 3 is 1.44 bits per heavy atom. The standard InChI is InChI=1S/2C6H7.C2H6Si.Zr.2H/c2*1-6-4-2-3-5-6;1-3-2;;;/h2*2,4H,3H2,1H3;1-2H3;;;/q2*-1;;+2;2*-1. The van der Waals surface area contributed by atoms with Gasteiger partial charge in [0.2, 0.25) is 0 Å². The summed E-state index contributed by atoms with van der Waals surface area (Å²) in [6.07, 6.45) is 16.7. The fourth-order valence-electron chi connectivity index (χ4n) is 1.03. The molecule has 16 heavy (non-hydrogen) atoms. The van der Waals surface area contributed by atoms with Crippen molar-refractivity contribution in [1.29, 1.82) is 0 Å². The summed E-state index contributed by atoms with van der Waals surface area (Å²) in [6.45, 7) is 8.74. The average molecular weight is 310 g/mol. The smallest absolute Gasteiger partial charge is 1.00 e. The molecular weight excluding hydrogens is 287 g/mol. The molecule has 0 amide bonds. The van der Waals surface area contributed by atoms with Crippen molar-refractivity contribution in [2.24, 2.45) is 0 Å². The van der Waals surface area contributed by atoms with Crippen molar-refractivity contribution >= 4 is 5.43 Å². The maximum atomic E-state index is 3.12. The number of allylic oxidation sites excluding steroid dienone is 8. The largest absolute Gasteiger partial charge is 1.00 e. The third kappa shape index (κ3) is 12.1. The van der Waals surface area contributed by atoms with Gasteiger partial charge in [-0.2, -0.15) is 12.2 Å². The van der Waals surface area contributed by atoms with Gasteiger partial charge in [0, 0.05) is 0 Å². The first kappa shape index (κ1) is 16.1. The minimum absolute atomic E-state index is 0. The van der Waals surface area contributed by atoms with Gasteiger partial charge in [-0.3, -0.25) is 12.2 Å². The molecule has 2 aliphatic carbocycles. The van der Waals surface area contributed by atoms with Crippen LogP contribution in [0.25, 0.3) is 0 Å². The van der Waals surface area contributed by atoms with E-state index < -0.39 is 0 Å². The van der Waals surface area contributed by atoms with Gasteiger partial charge < -0.3 is 2.85 Å². The Morgan fingerprint density at radius 2 is 1.38 bits per heavy atom. The fourth-order valence-corrected chi connectivity index (χ4v) is 1.03. The second-order valence-corrected chi connectivity index (χ2v) is 13.3. The van der Waals surface area contributed by atoms with Crippen molar-refractivity contribution in [3.05, 3.63) is 47.6 Å². The number of hydrogen-bond donors (Lipinski definition) is 0. The molecule has 0 aromatic heterocycles. The Hall–Kier alpha value is 0.0600. The van der Waals surface area contributed by atoms with E-state index in [0.717, 1.165) is 12.8 Å². The molecule has 0 aromatic rings. The Morgan fingerprint density at radius 1 is 1.06 bits per heavy atom. The van der Waals surface area contributed by atoms with Crippen molar-refractivity contribution in [2.45, 2.75) is 39.8 Å². The van der Waals surface area contributed by atoms with Crippen LogP contribution in [-0.4, -0.2) is 5.43 Å². The van der Waals surface area contributed by atoms with E-state index in [2.05, 4.69) is 63.4 Å². The Balaban J connectivity index is -0.000000182. The summed E-state index contributed by atoms with van der Waals surface area (Å²) in [6, 6.07) is 0. The van der Waals surface area contributed by atoms with Crippen molar-refractivity contribution in [3.8, 4) is 0 Å². The molecule has 0 saturated heterocycles. The first-order valence-corrected chi connectivity index (χ1v) is 11.7. The Labute approximate surface area is 119 Å². The SMILES string of the molecule is CC1=[C-]CC=C1.CC1=[C-]CC=C1.C[Si](C)=[Zr+2].[H-].[H-]. The van der Waals surface area contributed by atoms with Crippen LogP contribution in [0.2, 0.25) is 13.1 Å². The Bertz CT molecular complexity index is 304. The van der Waals surface area contributed by atoms with Crippen LogP contribution >= 0.6 is 0 Å². The minimum atomic E-state index is 0. The summed E-state index contributed by atoms with van der Waals surface area (Å²) in [5, 5.41) is 0. The number of hydrogen-bond acceptors (Lipinski definition) is 0. The van der Waals surface area contributed by atoms with Crippen LogP contribution in [-0.2, 0) is 23.3 Å². The molecule has 0 N–H and O–H groups in total. The zero-order chi connectivity index (χ0) is 12.4. The second kappa shape index (κ2) is 10.2. The van der Waals surface area contributed by atoms with Gasteiger partial charge in [0.05, 0.1) is 0 Å². The van der Waals surface area contributed by atoms with Gasteiger partial charge in [-0.15, -0.1) is 12.8 Å². The predicted octanol–water partition coefficient (Wildman–Crippen LogP) is 4.40. The molecule has 0 atom stereocenters. The monoisotopic (exact) mass is 308 g/mol. The van der Waals surface area contributed by atoms with Crippen LogP contribution in [0.15, 0.2) is 35.5 Å². The molecule has 0 spiro atoms. The van der Waals surface area contributed by atoms with E-state index in [1.165, 1.54) is 11.1 Å². The van der Waals surface area contributed by atoms with Crippen LogP contribution in [0.3, 0.4) is 0 Å². The topological polar surface area (TPSA) is 0 Å². The van der Waals surface area contributed by atoms with Crippen LogP contribution in [0, 0.1) is 12.2 Å². The molecule has 0 unspecified atom stereocenters. The van der Waals surface area contributed by atoms with Crippen LogP contribution in [0.1, 0.15) is 29.5 Å². The van der Waals surface area contributed by atoms with Gasteiger partial charge in [0.1, 0.15) is 0 Å². The van der Waals surface area contributed by atoms with E-state index in [0.29, 0.717) is 0 Å². The Kier molecular flexibility index (Phi) is 10.3. The van der Waals surface area contributed by atoms with Gasteiger partial charge in [-0.25, -0.2) is 23.3 Å². The molecule has 2 rings (SSSR count). The summed E-state index contributed by atoms with van der Waals surface area (Å²) >= 11 is 1.74. The third-order valence-corrected chi connectivity index (χ3v) is 1.73. The molecular formula is C14H22SiZr-2. The number of rotatable bonds is 0. The summed E-state index contributed by atoms with van der Waals surface area (Å²) in [7, 11) is 0. The second-order valence-electron chi connectivity index (χ2n) is 3.93. The summed E-state index contributed by atoms with van der Waals surface area (Å²) in [5.74, 6) is 0. The maximum Gasteiger partial charge on any atom is -1.00 e. The molecule has 0 aliphatic heterocycles. The zero-order valence-electron chi connectivity index (χ0n) is 12.7. The summed E-state index contributed by atoms with van der Waals surface area (Å²) in [5.41, 5.74) is 2.76. The van der Waals surface area contributed by atoms with E-state index in [-0.39, 0.29) is 8.29 Å². The molecule has 0 bridgehead atoms. The fraction of sp³-hybridized carbons (Fsp3) is 0.429. The molecule has 2 aliphatic rings. The van der Waals surface area contributed by atoms with E-state index in [1.807, 2.05) is 0 Å². The van der Waals surface area contributed by atoms with E-state index >= 15 is 0 Å². The molecule has 0 aromatic carbocycles. The van der Waals surface area contributed by atoms with E-state index in [4.69, 9.17) is 0 Å². The average Bonchev–Trinajstić information content (AvgIpc) is 2.78. The maximum absolute atomic E-state index is 3.12. The van der Waals surface area contributed by atoms with Crippen molar-refractivity contribution in [3.63, 3.8) is 0 Å². The summed E-state index contributed by atoms with van der Waals surface area (Å²) < 4.78 is 0. The molecule has 0 nitrogen and oxygen atoms in total.